The van der Waals surface area contributed by atoms with Gasteiger partial charge in [-0.25, -0.2) is 0 Å². The highest BCUT2D eigenvalue weighted by Crippen LogP contribution is 2.42. The van der Waals surface area contributed by atoms with Crippen LogP contribution in [0.4, 0.5) is 5.69 Å². The first-order chi connectivity index (χ1) is 22.2. The largest absolute Gasteiger partial charge is 0.456 e. The highest BCUT2D eigenvalue weighted by Gasteiger charge is 2.16. The zero-order valence-electron chi connectivity index (χ0n) is 24.4. The Morgan fingerprint density at radius 3 is 2.16 bits per heavy atom. The van der Waals surface area contributed by atoms with Gasteiger partial charge in [-0.2, -0.15) is 0 Å². The van der Waals surface area contributed by atoms with Crippen LogP contribution in [0.5, 0.6) is 0 Å². The molecule has 9 aromatic rings. The number of benzene rings is 7. The first kappa shape index (κ1) is 26.0. The molecule has 45 heavy (non-hydrogen) atoms. The molecule has 4 heteroatoms. The number of thioether (sulfide) groups is 1. The third-order valence-corrected chi connectivity index (χ3v) is 10.1. The minimum Gasteiger partial charge on any atom is -0.456 e. The molecule has 0 aliphatic rings. The van der Waals surface area contributed by atoms with E-state index in [0.717, 1.165) is 49.5 Å². The van der Waals surface area contributed by atoms with Crippen molar-refractivity contribution in [3.63, 3.8) is 0 Å². The van der Waals surface area contributed by atoms with Crippen LogP contribution in [0.1, 0.15) is 5.56 Å². The van der Waals surface area contributed by atoms with Gasteiger partial charge in [-0.3, -0.25) is 0 Å². The van der Waals surface area contributed by atoms with Gasteiger partial charge < -0.3 is 14.7 Å². The van der Waals surface area contributed by atoms with Crippen LogP contribution in [0.3, 0.4) is 0 Å². The van der Waals surface area contributed by atoms with Crippen molar-refractivity contribution in [2.45, 2.75) is 10.6 Å². The van der Waals surface area contributed by atoms with Gasteiger partial charge >= 0.3 is 0 Å². The maximum Gasteiger partial charge on any atom is 0.136 e. The van der Waals surface area contributed by atoms with Gasteiger partial charge in [-0.15, -0.1) is 11.8 Å². The lowest BCUT2D eigenvalue weighted by Crippen LogP contribution is -1.94. The van der Waals surface area contributed by atoms with Crippen molar-refractivity contribution < 1.29 is 4.42 Å². The molecule has 2 heterocycles. The van der Waals surface area contributed by atoms with Crippen molar-refractivity contribution in [3.05, 3.63) is 151 Å². The molecule has 0 saturated heterocycles. The average molecular weight is 597 g/mol. The predicted octanol–water partition coefficient (Wildman–Crippen LogP) is 11.4. The Kier molecular flexibility index (Phi) is 5.97. The zero-order valence-corrected chi connectivity index (χ0v) is 25.2. The zero-order chi connectivity index (χ0) is 29.9. The van der Waals surface area contributed by atoms with Crippen molar-refractivity contribution in [1.29, 1.82) is 0 Å². The van der Waals surface area contributed by atoms with E-state index in [-0.39, 0.29) is 0 Å². The molecule has 0 amide bonds. The Labute approximate surface area is 264 Å². The first-order valence-corrected chi connectivity index (χ1v) is 16.1. The Morgan fingerprint density at radius 1 is 0.556 bits per heavy atom. The van der Waals surface area contributed by atoms with Gasteiger partial charge in [0.25, 0.3) is 0 Å². The summed E-state index contributed by atoms with van der Waals surface area (Å²) in [7, 11) is 0. The molecule has 0 atom stereocenters. The molecular weight excluding hydrogens is 569 g/mol. The van der Waals surface area contributed by atoms with Crippen LogP contribution in [-0.2, 0) is 5.75 Å². The third-order valence-electron chi connectivity index (χ3n) is 8.85. The SMILES string of the molecule is Nc1ccc2oc3cc(-c4ccccc4)ccc3c2c1SCc1ccc(-n2c3ccccc3c3cc4ccccc4cc32)cc1. The summed E-state index contributed by atoms with van der Waals surface area (Å²) >= 11 is 1.77. The number of aromatic nitrogens is 1. The molecule has 0 unspecified atom stereocenters. The molecule has 0 aliphatic carbocycles. The third kappa shape index (κ3) is 4.29. The Bertz CT molecular complexity index is 2540. The van der Waals surface area contributed by atoms with Crippen LogP contribution < -0.4 is 5.73 Å². The lowest BCUT2D eigenvalue weighted by atomic mass is 10.0. The number of furan rings is 1. The molecule has 3 nitrogen and oxygen atoms in total. The fourth-order valence-electron chi connectivity index (χ4n) is 6.65. The minimum atomic E-state index is 0.775. The Hall–Kier alpha value is -5.45. The van der Waals surface area contributed by atoms with Crippen molar-refractivity contribution in [2.75, 3.05) is 5.73 Å². The van der Waals surface area contributed by atoms with Crippen LogP contribution in [0.15, 0.2) is 155 Å². The number of anilines is 1. The van der Waals surface area contributed by atoms with E-state index in [0.29, 0.717) is 0 Å². The predicted molar refractivity (Wildman–Crippen MR) is 191 cm³/mol. The number of para-hydroxylation sites is 1. The van der Waals surface area contributed by atoms with Gasteiger partial charge in [0.2, 0.25) is 0 Å². The number of nitrogens with zero attached hydrogens (tertiary/aromatic N) is 1. The molecule has 9 rings (SSSR count). The number of nitrogen functional groups attached to an aromatic ring is 1. The summed E-state index contributed by atoms with van der Waals surface area (Å²) in [5, 5.41) is 7.23. The minimum absolute atomic E-state index is 0.775. The Balaban J connectivity index is 1.06. The van der Waals surface area contributed by atoms with E-state index < -0.39 is 0 Å². The quantitative estimate of drug-likeness (QED) is 0.159. The number of hydrogen-bond acceptors (Lipinski definition) is 3. The van der Waals surface area contributed by atoms with E-state index in [9.17, 15) is 0 Å². The van der Waals surface area contributed by atoms with Gasteiger partial charge in [0.1, 0.15) is 11.2 Å². The van der Waals surface area contributed by atoms with Crippen LogP contribution >= 0.6 is 11.8 Å². The second kappa shape index (κ2) is 10.3. The second-order valence-electron chi connectivity index (χ2n) is 11.6. The van der Waals surface area contributed by atoms with Crippen molar-refractivity contribution in [3.8, 4) is 16.8 Å². The number of fused-ring (bicyclic) bond motifs is 7. The Morgan fingerprint density at radius 2 is 1.31 bits per heavy atom. The summed E-state index contributed by atoms with van der Waals surface area (Å²) in [5.74, 6) is 0.802. The second-order valence-corrected chi connectivity index (χ2v) is 12.5. The molecular formula is C41H28N2OS. The molecule has 2 aromatic heterocycles. The van der Waals surface area contributed by atoms with Gasteiger partial charge in [0, 0.05) is 43.6 Å². The molecule has 0 bridgehead atoms. The van der Waals surface area contributed by atoms with E-state index in [1.165, 1.54) is 43.7 Å². The molecule has 2 N–H and O–H groups in total. The number of rotatable bonds is 5. The highest BCUT2D eigenvalue weighted by molar-refractivity contribution is 7.99. The summed E-state index contributed by atoms with van der Waals surface area (Å²) in [4.78, 5) is 1.07. The monoisotopic (exact) mass is 596 g/mol. The van der Waals surface area contributed by atoms with Crippen LogP contribution in [-0.4, -0.2) is 4.57 Å². The molecule has 0 fully saturated rings. The smallest absolute Gasteiger partial charge is 0.136 e. The van der Waals surface area contributed by atoms with E-state index in [1.807, 2.05) is 18.2 Å². The van der Waals surface area contributed by atoms with Gasteiger partial charge in [0.05, 0.1) is 11.0 Å². The van der Waals surface area contributed by atoms with E-state index in [4.69, 9.17) is 10.2 Å². The molecule has 0 aliphatic heterocycles. The fraction of sp³-hybridized carbons (Fsp3) is 0.0244. The number of hydrogen-bond donors (Lipinski definition) is 1. The van der Waals surface area contributed by atoms with Crippen molar-refractivity contribution in [2.24, 2.45) is 0 Å². The summed E-state index contributed by atoms with van der Waals surface area (Å²) < 4.78 is 8.73. The van der Waals surface area contributed by atoms with Crippen LogP contribution in [0.2, 0.25) is 0 Å². The summed E-state index contributed by atoms with van der Waals surface area (Å²) in [6.07, 6.45) is 0. The normalized spacial score (nSPS) is 11.8. The standard InChI is InChI=1S/C41H28N2OS/c42-35-20-21-38-40(33-19-16-30(24-39(33)44-38)27-8-2-1-3-9-27)41(35)45-25-26-14-17-31(18-15-26)43-36-13-7-6-12-32(36)34-22-28-10-4-5-11-29(28)23-37(34)43/h1-24H,25,42H2. The molecule has 7 aromatic carbocycles. The van der Waals surface area contributed by atoms with Crippen LogP contribution in [0, 0.1) is 0 Å². The van der Waals surface area contributed by atoms with E-state index >= 15 is 0 Å². The topological polar surface area (TPSA) is 44.1 Å². The molecule has 0 saturated carbocycles. The van der Waals surface area contributed by atoms with Crippen LogP contribution in [0.25, 0.3) is 71.3 Å². The lowest BCUT2D eigenvalue weighted by molar-refractivity contribution is 0.668. The number of nitrogens with two attached hydrogens (primary N) is 1. The van der Waals surface area contributed by atoms with E-state index in [2.05, 4.69) is 132 Å². The molecule has 0 spiro atoms. The maximum absolute atomic E-state index is 6.59. The summed E-state index contributed by atoms with van der Waals surface area (Å²) in [6.45, 7) is 0. The average Bonchev–Trinajstić information content (AvgIpc) is 3.62. The first-order valence-electron chi connectivity index (χ1n) is 15.2. The molecule has 214 valence electrons. The highest BCUT2D eigenvalue weighted by atomic mass is 32.2. The molecule has 0 radical (unpaired) electrons. The van der Waals surface area contributed by atoms with Gasteiger partial charge in [-0.05, 0) is 82.1 Å². The summed E-state index contributed by atoms with van der Waals surface area (Å²) in [5.41, 5.74) is 16.2. The van der Waals surface area contributed by atoms with Crippen molar-refractivity contribution in [1.82, 2.24) is 4.57 Å². The lowest BCUT2D eigenvalue weighted by Gasteiger charge is -2.11. The summed E-state index contributed by atoms with van der Waals surface area (Å²) in [6, 6.07) is 51.7. The fourth-order valence-corrected chi connectivity index (χ4v) is 7.74. The van der Waals surface area contributed by atoms with Gasteiger partial charge in [0.15, 0.2) is 0 Å². The van der Waals surface area contributed by atoms with E-state index in [1.54, 1.807) is 11.8 Å². The maximum atomic E-state index is 6.59. The van der Waals surface area contributed by atoms with Crippen molar-refractivity contribution >= 4 is 72.0 Å². The van der Waals surface area contributed by atoms with Gasteiger partial charge in [-0.1, -0.05) is 91.0 Å².